The molecule has 0 aromatic heterocycles. The fraction of sp³-hybridized carbons (Fsp3) is 0.467. The first-order valence-electron chi connectivity index (χ1n) is 7.17. The summed E-state index contributed by atoms with van der Waals surface area (Å²) in [6.07, 6.45) is 0. The second-order valence-corrected chi connectivity index (χ2v) is 5.27. The van der Waals surface area contributed by atoms with Crippen molar-refractivity contribution in [3.63, 3.8) is 0 Å². The van der Waals surface area contributed by atoms with E-state index in [2.05, 4.69) is 44.9 Å². The van der Waals surface area contributed by atoms with Gasteiger partial charge >= 0.3 is 0 Å². The summed E-state index contributed by atoms with van der Waals surface area (Å²) in [5, 5.41) is 0. The van der Waals surface area contributed by atoms with Gasteiger partial charge in [-0.15, -0.1) is 0 Å². The quantitative estimate of drug-likeness (QED) is 0.765. The van der Waals surface area contributed by atoms with Crippen molar-refractivity contribution < 1.29 is 9.59 Å². The van der Waals surface area contributed by atoms with Crippen molar-refractivity contribution in [1.29, 1.82) is 0 Å². The lowest BCUT2D eigenvalue weighted by atomic mass is 10.2. The van der Waals surface area contributed by atoms with Crippen LogP contribution < -0.4 is 10.9 Å². The molecule has 1 aromatic rings. The highest BCUT2D eigenvalue weighted by Crippen LogP contribution is 2.07. The molecule has 0 bridgehead atoms. The molecule has 0 radical (unpaired) electrons. The smallest absolute Gasteiger partial charge is 0.252 e. The molecule has 2 rings (SSSR count). The highest BCUT2D eigenvalue weighted by atomic mass is 16.2. The van der Waals surface area contributed by atoms with Crippen LogP contribution in [0.15, 0.2) is 30.3 Å². The first kappa shape index (κ1) is 15.5. The van der Waals surface area contributed by atoms with E-state index in [1.165, 1.54) is 12.5 Å². The predicted molar refractivity (Wildman–Crippen MR) is 80.1 cm³/mol. The first-order chi connectivity index (χ1) is 10.1. The Kier molecular flexibility index (Phi) is 5.71. The van der Waals surface area contributed by atoms with Gasteiger partial charge in [0, 0.05) is 39.6 Å². The number of rotatable bonds is 4. The molecule has 0 atom stereocenters. The van der Waals surface area contributed by atoms with Crippen LogP contribution in [0.3, 0.4) is 0 Å². The molecule has 1 saturated heterocycles. The van der Waals surface area contributed by atoms with E-state index in [-0.39, 0.29) is 11.8 Å². The molecule has 0 unspecified atom stereocenters. The van der Waals surface area contributed by atoms with Crippen molar-refractivity contribution in [3.8, 4) is 0 Å². The average Bonchev–Trinajstić information content (AvgIpc) is 2.48. The fourth-order valence-corrected chi connectivity index (χ4v) is 2.35. The number of amides is 2. The van der Waals surface area contributed by atoms with Crippen LogP contribution >= 0.6 is 0 Å². The van der Waals surface area contributed by atoms with E-state index in [9.17, 15) is 9.59 Å². The summed E-state index contributed by atoms with van der Waals surface area (Å²) in [6.45, 7) is 6.25. The molecule has 6 nitrogen and oxygen atoms in total. The molecule has 21 heavy (non-hydrogen) atoms. The molecule has 1 heterocycles. The second kappa shape index (κ2) is 7.75. The molecule has 2 amide bonds. The first-order valence-corrected chi connectivity index (χ1v) is 7.17. The predicted octanol–water partition coefficient (Wildman–Crippen LogP) is -0.0285. The lowest BCUT2D eigenvalue weighted by molar-refractivity contribution is -0.128. The summed E-state index contributed by atoms with van der Waals surface area (Å²) in [4.78, 5) is 26.8. The van der Waals surface area contributed by atoms with Crippen molar-refractivity contribution in [2.24, 2.45) is 0 Å². The van der Waals surface area contributed by atoms with E-state index in [1.807, 2.05) is 6.07 Å². The van der Waals surface area contributed by atoms with Crippen LogP contribution in [0.4, 0.5) is 0 Å². The van der Waals surface area contributed by atoms with Crippen LogP contribution in [0, 0.1) is 0 Å². The summed E-state index contributed by atoms with van der Waals surface area (Å²) in [5.74, 6) is -0.447. The molecule has 1 aliphatic rings. The van der Waals surface area contributed by atoms with Crippen LogP contribution in [-0.4, -0.2) is 54.3 Å². The van der Waals surface area contributed by atoms with Crippen molar-refractivity contribution in [2.75, 3.05) is 32.7 Å². The molecule has 0 saturated carbocycles. The molecule has 1 fully saturated rings. The zero-order valence-electron chi connectivity index (χ0n) is 12.3. The standard InChI is InChI=1S/C15H22N4O2/c1-13(20)16-17-15(21)12-19-9-7-18(8-10-19)11-14-5-3-2-4-6-14/h2-6H,7-12H2,1H3,(H,16,20)(H,17,21). The van der Waals surface area contributed by atoms with Crippen LogP contribution in [0.5, 0.6) is 0 Å². The van der Waals surface area contributed by atoms with Gasteiger partial charge in [0.1, 0.15) is 0 Å². The minimum absolute atomic E-state index is 0.179. The molecule has 6 heteroatoms. The minimum atomic E-state index is -0.268. The minimum Gasteiger partial charge on any atom is -0.297 e. The van der Waals surface area contributed by atoms with Gasteiger partial charge in [-0.2, -0.15) is 0 Å². The van der Waals surface area contributed by atoms with Gasteiger partial charge in [-0.25, -0.2) is 0 Å². The molecular weight excluding hydrogens is 268 g/mol. The Bertz CT molecular complexity index is 470. The number of piperazine rings is 1. The third kappa shape index (κ3) is 5.53. The van der Waals surface area contributed by atoms with E-state index in [4.69, 9.17) is 0 Å². The van der Waals surface area contributed by atoms with Gasteiger partial charge in [-0.1, -0.05) is 30.3 Å². The maximum absolute atomic E-state index is 11.6. The number of hydrazine groups is 1. The summed E-state index contributed by atoms with van der Waals surface area (Å²) in [6, 6.07) is 10.4. The van der Waals surface area contributed by atoms with Crippen LogP contribution in [0.1, 0.15) is 12.5 Å². The Labute approximate surface area is 125 Å². The number of carbonyl (C=O) groups excluding carboxylic acids is 2. The van der Waals surface area contributed by atoms with Crippen molar-refractivity contribution >= 4 is 11.8 Å². The van der Waals surface area contributed by atoms with E-state index in [1.54, 1.807) is 0 Å². The van der Waals surface area contributed by atoms with Crippen molar-refractivity contribution in [1.82, 2.24) is 20.7 Å². The highest BCUT2D eigenvalue weighted by molar-refractivity contribution is 5.81. The lowest BCUT2D eigenvalue weighted by Gasteiger charge is -2.34. The van der Waals surface area contributed by atoms with Crippen LogP contribution in [-0.2, 0) is 16.1 Å². The van der Waals surface area contributed by atoms with E-state index >= 15 is 0 Å². The lowest BCUT2D eigenvalue weighted by Crippen LogP contribution is -2.51. The fourth-order valence-electron chi connectivity index (χ4n) is 2.35. The Morgan fingerprint density at radius 1 is 1.00 bits per heavy atom. The van der Waals surface area contributed by atoms with Crippen LogP contribution in [0.2, 0.25) is 0 Å². The van der Waals surface area contributed by atoms with E-state index in [0.29, 0.717) is 6.54 Å². The number of carbonyl (C=O) groups is 2. The number of nitrogens with zero attached hydrogens (tertiary/aromatic N) is 2. The van der Waals surface area contributed by atoms with E-state index < -0.39 is 0 Å². The maximum atomic E-state index is 11.6. The molecular formula is C15H22N4O2. The second-order valence-electron chi connectivity index (χ2n) is 5.27. The number of hydrogen-bond acceptors (Lipinski definition) is 4. The molecule has 1 aliphatic heterocycles. The van der Waals surface area contributed by atoms with Crippen LogP contribution in [0.25, 0.3) is 0 Å². The zero-order chi connectivity index (χ0) is 15.1. The topological polar surface area (TPSA) is 64.7 Å². The Hall–Kier alpha value is -1.92. The molecule has 0 aliphatic carbocycles. The Morgan fingerprint density at radius 2 is 1.62 bits per heavy atom. The highest BCUT2D eigenvalue weighted by Gasteiger charge is 2.18. The molecule has 0 spiro atoms. The third-order valence-corrected chi connectivity index (χ3v) is 3.46. The summed E-state index contributed by atoms with van der Waals surface area (Å²) in [5.41, 5.74) is 6.00. The summed E-state index contributed by atoms with van der Waals surface area (Å²) in [7, 11) is 0. The molecule has 1 aromatic carbocycles. The maximum Gasteiger partial charge on any atom is 0.252 e. The Balaban J connectivity index is 1.68. The van der Waals surface area contributed by atoms with Gasteiger partial charge in [0.25, 0.3) is 5.91 Å². The van der Waals surface area contributed by atoms with Crippen molar-refractivity contribution in [3.05, 3.63) is 35.9 Å². The number of benzene rings is 1. The van der Waals surface area contributed by atoms with Gasteiger partial charge in [0.2, 0.25) is 5.91 Å². The largest absolute Gasteiger partial charge is 0.297 e. The summed E-state index contributed by atoms with van der Waals surface area (Å²) < 4.78 is 0. The number of nitrogens with one attached hydrogen (secondary N) is 2. The van der Waals surface area contributed by atoms with Gasteiger partial charge < -0.3 is 0 Å². The Morgan fingerprint density at radius 3 is 2.24 bits per heavy atom. The third-order valence-electron chi connectivity index (χ3n) is 3.46. The van der Waals surface area contributed by atoms with Gasteiger partial charge in [0.05, 0.1) is 6.54 Å². The normalized spacial score (nSPS) is 16.4. The van der Waals surface area contributed by atoms with Gasteiger partial charge in [-0.3, -0.25) is 30.2 Å². The zero-order valence-corrected chi connectivity index (χ0v) is 12.3. The molecule has 2 N–H and O–H groups in total. The number of hydrogen-bond donors (Lipinski definition) is 2. The van der Waals surface area contributed by atoms with E-state index in [0.717, 1.165) is 32.7 Å². The van der Waals surface area contributed by atoms with Gasteiger partial charge in [-0.05, 0) is 5.56 Å². The monoisotopic (exact) mass is 290 g/mol. The molecule has 114 valence electrons. The van der Waals surface area contributed by atoms with Crippen molar-refractivity contribution in [2.45, 2.75) is 13.5 Å². The summed E-state index contributed by atoms with van der Waals surface area (Å²) >= 11 is 0. The van der Waals surface area contributed by atoms with Gasteiger partial charge in [0.15, 0.2) is 0 Å². The average molecular weight is 290 g/mol. The SMILES string of the molecule is CC(=O)NNC(=O)CN1CCN(Cc2ccccc2)CC1.